The van der Waals surface area contributed by atoms with Crippen LogP contribution in [0.2, 0.25) is 0 Å². The Bertz CT molecular complexity index is 705. The molecule has 3 nitrogen and oxygen atoms in total. The van der Waals surface area contributed by atoms with Crippen LogP contribution in [-0.4, -0.2) is 34.7 Å². The Hall–Kier alpha value is -1.08. The van der Waals surface area contributed by atoms with Crippen molar-refractivity contribution in [2.24, 2.45) is 0 Å². The van der Waals surface area contributed by atoms with E-state index in [1.54, 1.807) is 0 Å². The molecule has 0 radical (unpaired) electrons. The summed E-state index contributed by atoms with van der Waals surface area (Å²) in [6, 6.07) is 4.23. The van der Waals surface area contributed by atoms with E-state index in [-0.39, 0.29) is 6.42 Å². The van der Waals surface area contributed by atoms with Gasteiger partial charge < -0.3 is 0 Å². The van der Waals surface area contributed by atoms with Crippen molar-refractivity contribution in [1.82, 2.24) is 0 Å². The van der Waals surface area contributed by atoms with Crippen LogP contribution in [0.15, 0.2) is 12.1 Å². The number of benzene rings is 1. The number of carboxylic acid groups (broad SMARTS) is 1. The summed E-state index contributed by atoms with van der Waals surface area (Å²) in [4.78, 5) is 11.3. The second-order valence-corrected chi connectivity index (χ2v) is 16.6. The molecule has 0 saturated heterocycles. The third-order valence-electron chi connectivity index (χ3n) is 8.66. The molecule has 4 heteroatoms. The molecule has 1 rings (SSSR count). The average molecular weight is 551 g/mol. The van der Waals surface area contributed by atoms with Gasteiger partial charge >= 0.3 is 237 Å². The van der Waals surface area contributed by atoms with Crippen molar-refractivity contribution in [3.05, 3.63) is 23.3 Å². The fraction of sp³-hybridized carbons (Fsp3) is 0.794. The third kappa shape index (κ3) is 14.3. The van der Waals surface area contributed by atoms with Gasteiger partial charge in [0.15, 0.2) is 0 Å². The monoisotopic (exact) mass is 550 g/mol. The molecule has 0 atom stereocenters. The molecule has 38 heavy (non-hydrogen) atoms. The Morgan fingerprint density at radius 1 is 0.658 bits per heavy atom. The number of unbranched alkanes of at least 4 members (excludes halogenated alkanes) is 15. The molecule has 2 N–H and O–H groups in total. The van der Waals surface area contributed by atoms with E-state index >= 15 is 0 Å². The minimum absolute atomic E-state index is 0.159. The number of hydrogen-bond donors (Lipinski definition) is 2. The van der Waals surface area contributed by atoms with Gasteiger partial charge in [-0.2, -0.15) is 0 Å². The van der Waals surface area contributed by atoms with Crippen molar-refractivity contribution in [3.8, 4) is 5.75 Å². The van der Waals surface area contributed by atoms with Gasteiger partial charge in [0.1, 0.15) is 0 Å². The van der Waals surface area contributed by atoms with Crippen molar-refractivity contribution in [2.45, 2.75) is 156 Å². The molecular formula is C34H63O3P. The Balaban J connectivity index is 3.19. The van der Waals surface area contributed by atoms with Crippen LogP contribution in [0.4, 0.5) is 0 Å². The number of aliphatic carboxylic acids is 1. The fourth-order valence-electron chi connectivity index (χ4n) is 6.18. The SMILES string of the molecule is CCCCCCCC[PH](CCCCCCCC)(CCCCCCCC)c1cc(CCC(=O)O)c(C)cc1O. The summed E-state index contributed by atoms with van der Waals surface area (Å²) in [5, 5.41) is 21.9. The summed E-state index contributed by atoms with van der Waals surface area (Å²) in [6.45, 7) is 8.86. The Morgan fingerprint density at radius 2 is 1.05 bits per heavy atom. The average Bonchev–Trinajstić information content (AvgIpc) is 2.89. The van der Waals surface area contributed by atoms with E-state index in [4.69, 9.17) is 0 Å². The molecule has 0 bridgehead atoms. The first-order valence-corrected chi connectivity index (χ1v) is 19.1. The Labute approximate surface area is 236 Å². The van der Waals surface area contributed by atoms with Crippen LogP contribution in [0.1, 0.15) is 154 Å². The molecule has 0 saturated carbocycles. The van der Waals surface area contributed by atoms with Crippen molar-refractivity contribution in [1.29, 1.82) is 0 Å². The molecule has 222 valence electrons. The summed E-state index contributed by atoms with van der Waals surface area (Å²) < 4.78 is 0. The molecule has 0 aliphatic heterocycles. The van der Waals surface area contributed by atoms with E-state index in [1.807, 2.05) is 13.0 Å². The summed E-state index contributed by atoms with van der Waals surface area (Å²) >= 11 is 0. The van der Waals surface area contributed by atoms with Crippen molar-refractivity contribution in [3.63, 3.8) is 0 Å². The van der Waals surface area contributed by atoms with E-state index in [9.17, 15) is 15.0 Å². The predicted octanol–water partition coefficient (Wildman–Crippen LogP) is 10.2. The van der Waals surface area contributed by atoms with Gasteiger partial charge in [0.2, 0.25) is 0 Å². The molecule has 1 aromatic rings. The molecule has 1 aromatic carbocycles. The van der Waals surface area contributed by atoms with Crippen LogP contribution in [-0.2, 0) is 11.2 Å². The second kappa shape index (κ2) is 21.7. The van der Waals surface area contributed by atoms with E-state index < -0.39 is 13.2 Å². The van der Waals surface area contributed by atoms with Crippen LogP contribution < -0.4 is 5.30 Å². The fourth-order valence-corrected chi connectivity index (χ4v) is 11.6. The van der Waals surface area contributed by atoms with Gasteiger partial charge in [0.05, 0.1) is 0 Å². The Morgan fingerprint density at radius 3 is 1.45 bits per heavy atom. The first kappa shape index (κ1) is 34.9. The molecule has 0 unspecified atom stereocenters. The van der Waals surface area contributed by atoms with Gasteiger partial charge in [-0.25, -0.2) is 0 Å². The topological polar surface area (TPSA) is 57.5 Å². The number of phenolic OH excluding ortho intramolecular Hbond substituents is 1. The van der Waals surface area contributed by atoms with Crippen LogP contribution in [0.3, 0.4) is 0 Å². The van der Waals surface area contributed by atoms with Gasteiger partial charge in [-0.15, -0.1) is 0 Å². The molecule has 0 aliphatic rings. The van der Waals surface area contributed by atoms with Gasteiger partial charge in [-0.05, 0) is 0 Å². The van der Waals surface area contributed by atoms with Crippen LogP contribution in [0, 0.1) is 6.92 Å². The number of rotatable bonds is 25. The molecule has 0 spiro atoms. The predicted molar refractivity (Wildman–Crippen MR) is 171 cm³/mol. The summed E-state index contributed by atoms with van der Waals surface area (Å²) in [6.07, 6.45) is 28.2. The quantitative estimate of drug-likeness (QED) is 0.0940. The van der Waals surface area contributed by atoms with Gasteiger partial charge in [0, 0.05) is 0 Å². The van der Waals surface area contributed by atoms with Crippen molar-refractivity contribution >= 4 is 18.5 Å². The molecular weight excluding hydrogens is 487 g/mol. The Kier molecular flexibility index (Phi) is 20.0. The molecule has 0 aliphatic carbocycles. The van der Waals surface area contributed by atoms with E-state index in [1.165, 1.54) is 139 Å². The molecule has 0 aromatic heterocycles. The van der Waals surface area contributed by atoms with Crippen molar-refractivity contribution < 1.29 is 15.0 Å². The van der Waals surface area contributed by atoms with E-state index in [0.717, 1.165) is 11.1 Å². The summed E-state index contributed by atoms with van der Waals surface area (Å²) in [7, 11) is -1.93. The summed E-state index contributed by atoms with van der Waals surface area (Å²) in [5.74, 6) is -0.245. The number of phenols is 1. The van der Waals surface area contributed by atoms with Crippen LogP contribution in [0.25, 0.3) is 0 Å². The van der Waals surface area contributed by atoms with E-state index in [0.29, 0.717) is 12.2 Å². The second-order valence-electron chi connectivity index (χ2n) is 12.0. The maximum absolute atomic E-state index is 11.4. The van der Waals surface area contributed by atoms with E-state index in [2.05, 4.69) is 26.8 Å². The number of aryl methyl sites for hydroxylation is 2. The number of carbonyl (C=O) groups is 1. The third-order valence-corrected chi connectivity index (χ3v) is 14.1. The first-order chi connectivity index (χ1) is 18.4. The summed E-state index contributed by atoms with van der Waals surface area (Å²) in [5.41, 5.74) is 2.17. The van der Waals surface area contributed by atoms with Gasteiger partial charge in [-0.3, -0.25) is 0 Å². The standard InChI is InChI=1S/C34H63O3P/c1-5-8-11-14-17-20-25-38(26-21-18-15-12-9-6-2,27-22-19-16-13-10-7-3)33-29-31(23-24-34(36)37)30(4)28-32(33)35/h28-29,35,38H,5-27H2,1-4H3,(H,36,37). The molecule has 0 heterocycles. The minimum atomic E-state index is -1.93. The number of hydrogen-bond acceptors (Lipinski definition) is 2. The zero-order valence-electron chi connectivity index (χ0n) is 25.7. The number of carboxylic acids is 1. The number of aromatic hydroxyl groups is 1. The van der Waals surface area contributed by atoms with Gasteiger partial charge in [0.25, 0.3) is 0 Å². The van der Waals surface area contributed by atoms with Gasteiger partial charge in [-0.1, -0.05) is 0 Å². The molecule has 0 amide bonds. The molecule has 0 fully saturated rings. The maximum atomic E-state index is 11.4. The van der Waals surface area contributed by atoms with Crippen LogP contribution >= 0.6 is 7.26 Å². The zero-order chi connectivity index (χ0) is 28.1. The first-order valence-electron chi connectivity index (χ1n) is 16.4. The normalized spacial score (nSPS) is 12.2. The zero-order valence-corrected chi connectivity index (χ0v) is 26.7. The van der Waals surface area contributed by atoms with Crippen LogP contribution in [0.5, 0.6) is 5.75 Å². The van der Waals surface area contributed by atoms with Crippen molar-refractivity contribution in [2.75, 3.05) is 18.5 Å².